The molecule has 0 bridgehead atoms. The average molecular weight is 609 g/mol. The third-order valence-electron chi connectivity index (χ3n) is 8.87. The topological polar surface area (TPSA) is 21.3 Å². The Morgan fingerprint density at radius 1 is 0.500 bits per heavy atom. The minimum Gasteiger partial charge on any atom is -0.456 e. The highest BCUT2D eigenvalue weighted by Crippen LogP contribution is 2.45. The summed E-state index contributed by atoms with van der Waals surface area (Å²) in [5, 5.41) is 4.58. The van der Waals surface area contributed by atoms with Gasteiger partial charge in [-0.3, -0.25) is 0 Å². The quantitative estimate of drug-likeness (QED) is 0.196. The van der Waals surface area contributed by atoms with Gasteiger partial charge in [-0.1, -0.05) is 97.1 Å². The largest absolute Gasteiger partial charge is 0.456 e. The lowest BCUT2D eigenvalue weighted by atomic mass is 10.0. The Balaban J connectivity index is 1.32. The lowest BCUT2D eigenvalue weighted by molar-refractivity contribution is 0.669. The zero-order valence-corrected chi connectivity index (χ0v) is 25.7. The van der Waals surface area contributed by atoms with Crippen LogP contribution in [0.15, 0.2) is 173 Å². The molecule has 3 nitrogen and oxygen atoms in total. The number of aromatic nitrogens is 1. The van der Waals surface area contributed by atoms with Gasteiger partial charge in [0.15, 0.2) is 0 Å². The number of rotatable bonds is 5. The molecule has 9 rings (SSSR count). The normalized spacial score (nSPS) is 11.6. The molecule has 9 aromatic rings. The summed E-state index contributed by atoms with van der Waals surface area (Å²) in [6.07, 6.45) is 0. The van der Waals surface area contributed by atoms with Crippen LogP contribution in [0.4, 0.5) is 17.1 Å². The van der Waals surface area contributed by atoms with Crippen molar-refractivity contribution in [3.63, 3.8) is 0 Å². The van der Waals surface area contributed by atoms with Crippen LogP contribution in [0.2, 0.25) is 0 Å². The molecule has 46 heavy (non-hydrogen) atoms. The van der Waals surface area contributed by atoms with E-state index in [1.807, 2.05) is 18.2 Å². The van der Waals surface area contributed by atoms with Crippen LogP contribution in [0.3, 0.4) is 0 Å². The Kier molecular flexibility index (Phi) is 6.22. The molecule has 0 aliphatic rings. The predicted octanol–water partition coefficient (Wildman–Crippen LogP) is 12.1. The molecule has 0 aliphatic carbocycles. The van der Waals surface area contributed by atoms with Crippen molar-refractivity contribution in [2.45, 2.75) is 4.90 Å². The second-order valence-corrected chi connectivity index (χ2v) is 12.0. The molecule has 0 fully saturated rings. The smallest absolute Gasteiger partial charge is 0.137 e. The van der Waals surface area contributed by atoms with Crippen molar-refractivity contribution in [2.24, 2.45) is 0 Å². The summed E-state index contributed by atoms with van der Waals surface area (Å²) in [6, 6.07) is 57.6. The van der Waals surface area contributed by atoms with Gasteiger partial charge < -0.3 is 13.9 Å². The van der Waals surface area contributed by atoms with E-state index in [9.17, 15) is 0 Å². The van der Waals surface area contributed by atoms with Crippen LogP contribution in [-0.4, -0.2) is 4.57 Å². The number of anilines is 3. The Morgan fingerprint density at radius 2 is 1.15 bits per heavy atom. The van der Waals surface area contributed by atoms with Crippen molar-refractivity contribution >= 4 is 73.4 Å². The SMILES string of the molecule is Sc1cc(N(c2ccc3c(c2)c2ccccc2n3-c2ccccc2)c2cccc3oc4ccccc4c23)ccc1-c1ccccc1. The van der Waals surface area contributed by atoms with Crippen molar-refractivity contribution in [3.05, 3.63) is 164 Å². The summed E-state index contributed by atoms with van der Waals surface area (Å²) in [7, 11) is 0. The van der Waals surface area contributed by atoms with Crippen LogP contribution in [0.1, 0.15) is 0 Å². The second kappa shape index (κ2) is 10.7. The molecule has 0 unspecified atom stereocenters. The molecule has 0 aliphatic heterocycles. The molecule has 0 amide bonds. The minimum absolute atomic E-state index is 0.859. The number of thiol groups is 1. The standard InChI is InChI=1S/C42H28N2OS/c46-41-27-31(22-24-32(41)28-12-3-1-4-13-28)43(38-19-11-21-40-42(38)34-17-8-10-20-39(34)45-40)30-23-25-37-35(26-30)33-16-7-9-18-36(33)44(37)29-14-5-2-6-15-29/h1-27,46H. The van der Waals surface area contributed by atoms with Crippen LogP contribution >= 0.6 is 12.6 Å². The first-order valence-corrected chi connectivity index (χ1v) is 15.9. The van der Waals surface area contributed by atoms with Gasteiger partial charge in [0, 0.05) is 38.1 Å². The highest BCUT2D eigenvalue weighted by Gasteiger charge is 2.22. The lowest BCUT2D eigenvalue weighted by Crippen LogP contribution is -2.10. The Bertz CT molecular complexity index is 2550. The van der Waals surface area contributed by atoms with Crippen molar-refractivity contribution in [1.82, 2.24) is 4.57 Å². The molecule has 2 aromatic heterocycles. The number of hydrogen-bond donors (Lipinski definition) is 1. The number of furan rings is 1. The maximum atomic E-state index is 6.35. The Morgan fingerprint density at radius 3 is 1.98 bits per heavy atom. The molecule has 4 heteroatoms. The van der Waals surface area contributed by atoms with E-state index in [0.29, 0.717) is 0 Å². The lowest BCUT2D eigenvalue weighted by Gasteiger charge is -2.27. The number of benzene rings is 7. The fraction of sp³-hybridized carbons (Fsp3) is 0. The molecule has 0 spiro atoms. The van der Waals surface area contributed by atoms with E-state index >= 15 is 0 Å². The van der Waals surface area contributed by atoms with Crippen molar-refractivity contribution in [2.75, 3.05) is 4.90 Å². The Hall–Kier alpha value is -5.71. The highest BCUT2D eigenvalue weighted by atomic mass is 32.1. The van der Waals surface area contributed by atoms with Gasteiger partial charge in [-0.05, 0) is 77.9 Å². The minimum atomic E-state index is 0.859. The van der Waals surface area contributed by atoms with Crippen LogP contribution in [0.25, 0.3) is 60.6 Å². The van der Waals surface area contributed by atoms with Crippen LogP contribution in [0.5, 0.6) is 0 Å². The summed E-state index contributed by atoms with van der Waals surface area (Å²) < 4.78 is 8.70. The van der Waals surface area contributed by atoms with Gasteiger partial charge in [-0.25, -0.2) is 0 Å². The summed E-state index contributed by atoms with van der Waals surface area (Å²) in [5.74, 6) is 0. The van der Waals surface area contributed by atoms with Crippen LogP contribution < -0.4 is 4.90 Å². The summed E-state index contributed by atoms with van der Waals surface area (Å²) in [5.41, 5.74) is 10.6. The van der Waals surface area contributed by atoms with E-state index in [-0.39, 0.29) is 0 Å². The van der Waals surface area contributed by atoms with Gasteiger partial charge in [0.1, 0.15) is 11.2 Å². The first-order chi connectivity index (χ1) is 22.7. The summed E-state index contributed by atoms with van der Waals surface area (Å²) in [4.78, 5) is 3.26. The third kappa shape index (κ3) is 4.22. The molecule has 0 saturated carbocycles. The van der Waals surface area contributed by atoms with Gasteiger partial charge >= 0.3 is 0 Å². The van der Waals surface area contributed by atoms with Gasteiger partial charge in [-0.2, -0.15) is 0 Å². The van der Waals surface area contributed by atoms with E-state index in [2.05, 4.69) is 155 Å². The van der Waals surface area contributed by atoms with E-state index < -0.39 is 0 Å². The van der Waals surface area contributed by atoms with Gasteiger partial charge in [-0.15, -0.1) is 12.6 Å². The van der Waals surface area contributed by atoms with E-state index in [1.54, 1.807) is 0 Å². The van der Waals surface area contributed by atoms with Crippen LogP contribution in [-0.2, 0) is 0 Å². The molecule has 218 valence electrons. The maximum Gasteiger partial charge on any atom is 0.137 e. The molecule has 2 heterocycles. The van der Waals surface area contributed by atoms with E-state index in [4.69, 9.17) is 17.0 Å². The van der Waals surface area contributed by atoms with Crippen molar-refractivity contribution < 1.29 is 4.42 Å². The number of fused-ring (bicyclic) bond motifs is 6. The van der Waals surface area contributed by atoms with E-state index in [1.165, 1.54) is 16.3 Å². The van der Waals surface area contributed by atoms with E-state index in [0.717, 1.165) is 66.2 Å². The molecule has 0 radical (unpaired) electrons. The predicted molar refractivity (Wildman–Crippen MR) is 195 cm³/mol. The maximum absolute atomic E-state index is 6.35. The molecular formula is C42H28N2OS. The summed E-state index contributed by atoms with van der Waals surface area (Å²) >= 11 is 5.02. The summed E-state index contributed by atoms with van der Waals surface area (Å²) in [6.45, 7) is 0. The zero-order chi connectivity index (χ0) is 30.6. The van der Waals surface area contributed by atoms with Gasteiger partial charge in [0.05, 0.1) is 22.1 Å². The number of hydrogen-bond acceptors (Lipinski definition) is 3. The van der Waals surface area contributed by atoms with Crippen molar-refractivity contribution in [1.29, 1.82) is 0 Å². The Labute approximate surface area is 272 Å². The first kappa shape index (κ1) is 26.7. The highest BCUT2D eigenvalue weighted by molar-refractivity contribution is 7.80. The van der Waals surface area contributed by atoms with Gasteiger partial charge in [0.25, 0.3) is 0 Å². The zero-order valence-electron chi connectivity index (χ0n) is 24.8. The number of para-hydroxylation sites is 3. The third-order valence-corrected chi connectivity index (χ3v) is 9.24. The second-order valence-electron chi connectivity index (χ2n) is 11.5. The molecule has 7 aromatic carbocycles. The van der Waals surface area contributed by atoms with Gasteiger partial charge in [0.2, 0.25) is 0 Å². The molecule has 0 atom stereocenters. The fourth-order valence-electron chi connectivity index (χ4n) is 6.85. The number of nitrogens with zero attached hydrogens (tertiary/aromatic N) is 2. The fourth-order valence-corrected chi connectivity index (χ4v) is 7.18. The molecule has 0 saturated heterocycles. The first-order valence-electron chi connectivity index (χ1n) is 15.4. The van der Waals surface area contributed by atoms with Crippen LogP contribution in [0, 0.1) is 0 Å². The molecular weight excluding hydrogens is 581 g/mol. The van der Waals surface area contributed by atoms with Crippen molar-refractivity contribution in [3.8, 4) is 16.8 Å². The monoisotopic (exact) mass is 608 g/mol. The average Bonchev–Trinajstić information content (AvgIpc) is 3.65. The molecule has 0 N–H and O–H groups in total.